The van der Waals surface area contributed by atoms with Crippen LogP contribution in [0, 0.1) is 23.7 Å². The van der Waals surface area contributed by atoms with E-state index in [2.05, 4.69) is 27.2 Å². The number of aliphatic hydroxyl groups excluding tert-OH is 3. The summed E-state index contributed by atoms with van der Waals surface area (Å²) in [5.41, 5.74) is 1.90. The van der Waals surface area contributed by atoms with Crippen molar-refractivity contribution in [2.24, 2.45) is 23.7 Å². The van der Waals surface area contributed by atoms with Crippen molar-refractivity contribution in [3.05, 3.63) is 12.3 Å². The van der Waals surface area contributed by atoms with Gasteiger partial charge in [0.1, 0.15) is 6.04 Å². The predicted octanol–water partition coefficient (Wildman–Crippen LogP) is 4.09. The van der Waals surface area contributed by atoms with E-state index in [4.69, 9.17) is 5.11 Å². The number of rotatable bonds is 5. The summed E-state index contributed by atoms with van der Waals surface area (Å²) in [6.45, 7) is 9.81. The van der Waals surface area contributed by atoms with E-state index >= 15 is 0 Å². The van der Waals surface area contributed by atoms with E-state index in [0.29, 0.717) is 42.9 Å². The van der Waals surface area contributed by atoms with Crippen LogP contribution in [0.4, 0.5) is 8.78 Å². The lowest BCUT2D eigenvalue weighted by molar-refractivity contribution is -0.0556. The first-order valence-electron chi connectivity index (χ1n) is 16.4. The highest BCUT2D eigenvalue weighted by Crippen LogP contribution is 2.47. The highest BCUT2D eigenvalue weighted by molar-refractivity contribution is 7.18. The molecule has 6 rings (SSSR count). The zero-order valence-corrected chi connectivity index (χ0v) is 26.7. The van der Waals surface area contributed by atoms with Crippen molar-refractivity contribution < 1.29 is 24.1 Å². The van der Waals surface area contributed by atoms with Crippen LogP contribution in [0.1, 0.15) is 90.9 Å². The molecule has 0 radical (unpaired) electrons. The van der Waals surface area contributed by atoms with E-state index in [1.54, 1.807) is 9.24 Å². The van der Waals surface area contributed by atoms with Crippen LogP contribution in [0.15, 0.2) is 12.3 Å². The Labute approximate surface area is 249 Å². The predicted molar refractivity (Wildman–Crippen MR) is 163 cm³/mol. The molecule has 10 heteroatoms. The van der Waals surface area contributed by atoms with Crippen molar-refractivity contribution in [3.8, 4) is 0 Å². The third kappa shape index (κ3) is 6.97. The average molecular weight is 603 g/mol. The van der Waals surface area contributed by atoms with Crippen molar-refractivity contribution in [2.75, 3.05) is 20.2 Å². The summed E-state index contributed by atoms with van der Waals surface area (Å²) in [6.07, 6.45) is 12.0. The molecule has 3 aliphatic carbocycles. The zero-order chi connectivity index (χ0) is 29.9. The van der Waals surface area contributed by atoms with Crippen LogP contribution in [0.5, 0.6) is 0 Å². The van der Waals surface area contributed by atoms with E-state index in [0.717, 1.165) is 57.4 Å². The van der Waals surface area contributed by atoms with Gasteiger partial charge in [-0.15, -0.1) is 0 Å². The summed E-state index contributed by atoms with van der Waals surface area (Å²) in [6, 6.07) is 0.185. The van der Waals surface area contributed by atoms with Gasteiger partial charge in [-0.1, -0.05) is 61.8 Å². The molecule has 3 heterocycles. The molecule has 0 amide bonds. The van der Waals surface area contributed by atoms with Crippen LogP contribution in [0.2, 0.25) is 0 Å². The lowest BCUT2D eigenvalue weighted by Crippen LogP contribution is -2.59. The molecule has 6 aliphatic rings. The normalized spacial score (nSPS) is 41.5. The molecule has 5 N–H and O–H groups in total. The number of halogens is 2. The zero-order valence-electron chi connectivity index (χ0n) is 25.5. The molecule has 10 unspecified atom stereocenters. The van der Waals surface area contributed by atoms with Crippen molar-refractivity contribution in [1.29, 1.82) is 0 Å². The highest BCUT2D eigenvalue weighted by Gasteiger charge is 2.54. The third-order valence-electron chi connectivity index (χ3n) is 11.1. The molecule has 0 aromatic heterocycles. The Morgan fingerprint density at radius 1 is 0.854 bits per heavy atom. The van der Waals surface area contributed by atoms with Gasteiger partial charge >= 0.3 is 0 Å². The van der Waals surface area contributed by atoms with E-state index in [9.17, 15) is 19.0 Å². The van der Waals surface area contributed by atoms with Crippen LogP contribution < -0.4 is 10.7 Å². The number of hydrogen-bond acceptors (Lipinski definition) is 7. The maximum Gasteiger partial charge on any atom is 0.276 e. The number of hydrazine groups is 1. The van der Waals surface area contributed by atoms with Crippen LogP contribution in [0.3, 0.4) is 0 Å². The molecule has 7 nitrogen and oxygen atoms in total. The molecule has 0 aromatic carbocycles. The summed E-state index contributed by atoms with van der Waals surface area (Å²) >= 11 is 0. The molecule has 11 atom stereocenters. The number of aliphatic hydroxyl groups is 3. The van der Waals surface area contributed by atoms with E-state index in [1.807, 2.05) is 13.8 Å². The van der Waals surface area contributed by atoms with E-state index in [-0.39, 0.29) is 18.1 Å². The monoisotopic (exact) mass is 602 g/mol. The number of nitrogens with zero attached hydrogens (tertiary/aromatic N) is 2. The van der Waals surface area contributed by atoms with Gasteiger partial charge in [-0.2, -0.15) is 0 Å². The fourth-order valence-corrected chi connectivity index (χ4v) is 9.31. The Balaban J connectivity index is 0.000000929. The Morgan fingerprint density at radius 3 is 2.17 bits per heavy atom. The largest absolute Gasteiger partial charge is 0.400 e. The number of alkyl halides is 2. The van der Waals surface area contributed by atoms with Gasteiger partial charge in [0.15, 0.2) is 0 Å². The number of hydrogen-bond donors (Lipinski definition) is 5. The summed E-state index contributed by atoms with van der Waals surface area (Å²) in [4.78, 5) is 2.48. The summed E-state index contributed by atoms with van der Waals surface area (Å²) in [5, 5.41) is 34.2. The minimum atomic E-state index is -3.03. The van der Waals surface area contributed by atoms with Gasteiger partial charge in [0.25, 0.3) is 5.66 Å². The first-order valence-corrected chi connectivity index (χ1v) is 17.0. The molecule has 3 aliphatic heterocycles. The lowest BCUT2D eigenvalue weighted by atomic mass is 9.68. The van der Waals surface area contributed by atoms with Gasteiger partial charge < -0.3 is 25.5 Å². The van der Waals surface area contributed by atoms with Crippen molar-refractivity contribution >= 4 is 9.24 Å². The second-order valence-corrected chi connectivity index (χ2v) is 13.8. The Kier molecular flexibility index (Phi) is 11.9. The van der Waals surface area contributed by atoms with Crippen molar-refractivity contribution in [1.82, 2.24) is 20.7 Å². The van der Waals surface area contributed by atoms with Gasteiger partial charge in [-0.25, -0.2) is 13.8 Å². The lowest BCUT2D eigenvalue weighted by Gasteiger charge is -2.50. The second kappa shape index (κ2) is 14.6. The fourth-order valence-electron chi connectivity index (χ4n) is 8.97. The number of nitrogens with one attached hydrogen (secondary N) is 2. The van der Waals surface area contributed by atoms with Gasteiger partial charge in [-0.3, -0.25) is 5.43 Å². The van der Waals surface area contributed by atoms with Gasteiger partial charge in [0, 0.05) is 55.9 Å². The summed E-state index contributed by atoms with van der Waals surface area (Å²) in [7, 11) is 2.57. The second-order valence-electron chi connectivity index (χ2n) is 13.1. The maximum absolute atomic E-state index is 13.9. The standard InChI is InChI=1S/C28H47F2N4O2P.C2H6.CH4O/c1-16(19-14-25(36)27(31-15-19)28(29,30)37)33-12-11-23-26-20(7-2-3-8-22(26)33)32-34(23)21-10-9-18(13-24(21)35)17-5-4-6-17;2*1-2/h17-27,31-32,35-36H,1-15,37H2;1-2H3;2H,1H3/t18?,19?,20?,21?,22-,23?,24?,25?,26?,27?;;/m0../s1. The summed E-state index contributed by atoms with van der Waals surface area (Å²) < 4.78 is 27.8. The Morgan fingerprint density at radius 2 is 1.56 bits per heavy atom. The smallest absolute Gasteiger partial charge is 0.276 e. The number of likely N-dealkylation sites (tertiary alicyclic amines) is 1. The average Bonchev–Trinajstić information content (AvgIpc) is 3.16. The van der Waals surface area contributed by atoms with Crippen LogP contribution >= 0.6 is 9.24 Å². The van der Waals surface area contributed by atoms with Gasteiger partial charge in [0.2, 0.25) is 0 Å². The maximum atomic E-state index is 13.9. The molecule has 0 aromatic rings. The molecule has 3 saturated heterocycles. The highest BCUT2D eigenvalue weighted by atomic mass is 31.0. The fraction of sp³-hybridized carbons (Fsp3) is 0.935. The topological polar surface area (TPSA) is 91.2 Å². The van der Waals surface area contributed by atoms with Gasteiger partial charge in [0.05, 0.1) is 18.2 Å². The number of piperidine rings is 2. The summed E-state index contributed by atoms with van der Waals surface area (Å²) in [5.74, 6) is 2.00. The molecule has 3 saturated carbocycles. The van der Waals surface area contributed by atoms with Crippen molar-refractivity contribution in [2.45, 2.75) is 139 Å². The van der Waals surface area contributed by atoms with Crippen LogP contribution in [-0.4, -0.2) is 93.5 Å². The molecular formula is C31H57F2N4O3P. The quantitative estimate of drug-likeness (QED) is 0.303. The molecule has 6 fully saturated rings. The first-order chi connectivity index (χ1) is 19.7. The van der Waals surface area contributed by atoms with Gasteiger partial charge in [-0.05, 0) is 56.8 Å². The van der Waals surface area contributed by atoms with E-state index in [1.165, 1.54) is 38.5 Å². The van der Waals surface area contributed by atoms with Crippen LogP contribution in [0.25, 0.3) is 0 Å². The minimum Gasteiger partial charge on any atom is -0.400 e. The minimum absolute atomic E-state index is 0.0362. The Bertz CT molecular complexity index is 847. The third-order valence-corrected chi connectivity index (χ3v) is 11.5. The van der Waals surface area contributed by atoms with Crippen LogP contribution in [-0.2, 0) is 0 Å². The first kappa shape index (κ1) is 33.5. The Hall–Kier alpha value is -0.410. The van der Waals surface area contributed by atoms with E-state index < -0.39 is 17.8 Å². The molecular weight excluding hydrogens is 545 g/mol. The molecule has 238 valence electrons. The SMILES string of the molecule is C=C(C1CNC(C(F)(F)P)C(O)C1)N1CCC2C3C(CCCC[C@@H]31)NN2C1CCC(C2CCC2)CC1O.CC.CO. The van der Waals surface area contributed by atoms with Crippen molar-refractivity contribution in [3.63, 3.8) is 0 Å². The molecule has 41 heavy (non-hydrogen) atoms. The molecule has 0 spiro atoms. The molecule has 0 bridgehead atoms.